The number of rotatable bonds is 9. The predicted octanol–water partition coefficient (Wildman–Crippen LogP) is 7.20. The zero-order valence-corrected chi connectivity index (χ0v) is 26.2. The van der Waals surface area contributed by atoms with Crippen molar-refractivity contribution in [2.45, 2.75) is 142 Å². The minimum atomic E-state index is -2.08. The second kappa shape index (κ2) is 10.6. The van der Waals surface area contributed by atoms with Crippen LogP contribution in [0.5, 0.6) is 0 Å². The highest BCUT2D eigenvalue weighted by atomic mass is 28.4. The van der Waals surface area contributed by atoms with E-state index >= 15 is 0 Å². The first kappa shape index (κ1) is 30.0. The number of allylic oxidation sites excluding steroid dienone is 2. The maximum Gasteiger partial charge on any atom is 0.193 e. The van der Waals surface area contributed by atoms with Crippen LogP contribution < -0.4 is 0 Å². The second-order valence-electron chi connectivity index (χ2n) is 13.4. The molecule has 6 heteroatoms. The molecule has 0 saturated carbocycles. The van der Waals surface area contributed by atoms with Crippen LogP contribution in [0.15, 0.2) is 23.3 Å². The molecule has 0 amide bonds. The molecule has 0 aromatic rings. The van der Waals surface area contributed by atoms with Gasteiger partial charge in [-0.25, -0.2) is 0 Å². The molecule has 2 N–H and O–H groups in total. The lowest BCUT2D eigenvalue weighted by Gasteiger charge is -2.47. The Bertz CT molecular complexity index is 700. The van der Waals surface area contributed by atoms with Crippen molar-refractivity contribution in [3.8, 4) is 0 Å². The van der Waals surface area contributed by atoms with Gasteiger partial charge in [0.25, 0.3) is 0 Å². The smallest absolute Gasteiger partial charge is 0.193 e. The maximum atomic E-state index is 11.4. The standard InChI is InChI=1S/C28H54O4Si2/c1-19(2)27(5,6)33(9,10)31-23-17-13-15-21(25(23)29)22-16-14-18-24(26(22)30)32-34(11,12)28(7,8)20(3)4/h15-16,19-20,23-26,29-30H,13-14,17-18H2,1-12H3/t23-,24-,25-,26-/m0/s1. The van der Waals surface area contributed by atoms with Crippen LogP contribution >= 0.6 is 0 Å². The van der Waals surface area contributed by atoms with E-state index < -0.39 is 28.8 Å². The number of aliphatic hydroxyl groups excluding tert-OH is 2. The van der Waals surface area contributed by atoms with Crippen LogP contribution in [0.3, 0.4) is 0 Å². The van der Waals surface area contributed by atoms with Crippen LogP contribution in [0.4, 0.5) is 0 Å². The fourth-order valence-electron chi connectivity index (χ4n) is 5.04. The Hall–Kier alpha value is -0.246. The molecule has 0 saturated heterocycles. The van der Waals surface area contributed by atoms with Gasteiger partial charge in [0.2, 0.25) is 0 Å². The molecule has 0 unspecified atom stereocenters. The number of aliphatic hydroxyl groups is 2. The Morgan fingerprint density at radius 1 is 0.706 bits per heavy atom. The van der Waals surface area contributed by atoms with Crippen molar-refractivity contribution in [3.05, 3.63) is 23.3 Å². The summed E-state index contributed by atoms with van der Waals surface area (Å²) in [6.45, 7) is 27.4. The Labute approximate surface area is 212 Å². The van der Waals surface area contributed by atoms with Gasteiger partial charge in [-0.3, -0.25) is 0 Å². The van der Waals surface area contributed by atoms with Gasteiger partial charge in [-0.15, -0.1) is 0 Å². The Morgan fingerprint density at radius 2 is 1.00 bits per heavy atom. The monoisotopic (exact) mass is 510 g/mol. The molecular formula is C28H54O4Si2. The van der Waals surface area contributed by atoms with Crippen molar-refractivity contribution in [2.75, 3.05) is 0 Å². The average Bonchev–Trinajstić information content (AvgIpc) is 2.70. The Balaban J connectivity index is 2.21. The third-order valence-corrected chi connectivity index (χ3v) is 19.3. The summed E-state index contributed by atoms with van der Waals surface area (Å²) in [5.74, 6) is 1.02. The predicted molar refractivity (Wildman–Crippen MR) is 149 cm³/mol. The molecule has 2 rings (SSSR count). The molecule has 0 fully saturated rings. The molecule has 198 valence electrons. The summed E-state index contributed by atoms with van der Waals surface area (Å²) in [5.41, 5.74) is 1.71. The topological polar surface area (TPSA) is 58.9 Å². The highest BCUT2D eigenvalue weighted by molar-refractivity contribution is 6.74. The van der Waals surface area contributed by atoms with E-state index in [-0.39, 0.29) is 22.3 Å². The van der Waals surface area contributed by atoms with Gasteiger partial charge in [-0.1, -0.05) is 67.5 Å². The molecule has 0 spiro atoms. The zero-order valence-electron chi connectivity index (χ0n) is 24.2. The van der Waals surface area contributed by atoms with Gasteiger partial charge in [0.1, 0.15) is 12.2 Å². The van der Waals surface area contributed by atoms with Gasteiger partial charge in [0, 0.05) is 0 Å². The van der Waals surface area contributed by atoms with Gasteiger partial charge in [0.15, 0.2) is 16.6 Å². The first-order chi connectivity index (χ1) is 15.4. The van der Waals surface area contributed by atoms with Crippen molar-refractivity contribution in [3.63, 3.8) is 0 Å². The van der Waals surface area contributed by atoms with Gasteiger partial charge in [0.05, 0.1) is 12.2 Å². The Morgan fingerprint density at radius 3 is 1.26 bits per heavy atom. The largest absolute Gasteiger partial charge is 0.411 e. The molecule has 4 atom stereocenters. The van der Waals surface area contributed by atoms with Crippen LogP contribution in [-0.2, 0) is 8.85 Å². The van der Waals surface area contributed by atoms with E-state index in [1.54, 1.807) is 0 Å². The van der Waals surface area contributed by atoms with Gasteiger partial charge >= 0.3 is 0 Å². The summed E-state index contributed by atoms with van der Waals surface area (Å²) in [7, 11) is -4.17. The highest BCUT2D eigenvalue weighted by Gasteiger charge is 2.48. The lowest BCUT2D eigenvalue weighted by molar-refractivity contribution is 0.0216. The molecule has 0 heterocycles. The molecule has 0 aromatic heterocycles. The molecule has 2 aliphatic rings. The first-order valence-corrected chi connectivity index (χ1v) is 19.3. The summed E-state index contributed by atoms with van der Waals surface area (Å²) in [6.07, 6.45) is 5.73. The Kier molecular flexibility index (Phi) is 9.37. The van der Waals surface area contributed by atoms with Gasteiger partial charge < -0.3 is 19.1 Å². The SMILES string of the molecule is CC(C)C(C)(C)[Si](C)(C)O[C@H]1CCC=C(C2=CCC[C@H](O[Si](C)(C)C(C)(C)C(C)C)[C@H]2O)[C@@H]1O. The van der Waals surface area contributed by atoms with Crippen molar-refractivity contribution >= 4 is 16.6 Å². The summed E-state index contributed by atoms with van der Waals surface area (Å²) in [4.78, 5) is 0. The molecule has 4 nitrogen and oxygen atoms in total. The van der Waals surface area contributed by atoms with Crippen molar-refractivity contribution < 1.29 is 19.1 Å². The van der Waals surface area contributed by atoms with Crippen LogP contribution in [0.2, 0.25) is 36.3 Å². The van der Waals surface area contributed by atoms with E-state index in [2.05, 4.69) is 93.7 Å². The number of hydrogen-bond acceptors (Lipinski definition) is 4. The molecule has 0 bridgehead atoms. The van der Waals surface area contributed by atoms with Gasteiger partial charge in [-0.2, -0.15) is 0 Å². The van der Waals surface area contributed by atoms with E-state index in [0.29, 0.717) is 11.8 Å². The molecule has 2 aliphatic carbocycles. The maximum absolute atomic E-state index is 11.4. The molecular weight excluding hydrogens is 456 g/mol. The minimum Gasteiger partial charge on any atom is -0.411 e. The van der Waals surface area contributed by atoms with E-state index in [9.17, 15) is 10.2 Å². The third-order valence-electron chi connectivity index (χ3n) is 10.2. The third kappa shape index (κ3) is 5.83. The van der Waals surface area contributed by atoms with E-state index in [1.807, 2.05) is 0 Å². The molecule has 0 aromatic carbocycles. The summed E-state index contributed by atoms with van der Waals surface area (Å²) in [6, 6.07) is 0. The lowest BCUT2D eigenvalue weighted by atomic mass is 9.82. The van der Waals surface area contributed by atoms with E-state index in [4.69, 9.17) is 8.85 Å². The second-order valence-corrected chi connectivity index (χ2v) is 22.5. The molecule has 0 radical (unpaired) electrons. The lowest BCUT2D eigenvalue weighted by Crippen LogP contribution is -2.52. The van der Waals surface area contributed by atoms with Crippen LogP contribution in [0, 0.1) is 11.8 Å². The van der Waals surface area contributed by atoms with Gasteiger partial charge in [-0.05, 0) is 84.9 Å². The van der Waals surface area contributed by atoms with Crippen LogP contribution in [0.25, 0.3) is 0 Å². The van der Waals surface area contributed by atoms with Crippen molar-refractivity contribution in [1.82, 2.24) is 0 Å². The number of hydrogen-bond donors (Lipinski definition) is 2. The highest BCUT2D eigenvalue weighted by Crippen LogP contribution is 2.48. The molecule has 34 heavy (non-hydrogen) atoms. The van der Waals surface area contributed by atoms with Crippen LogP contribution in [0.1, 0.15) is 81.1 Å². The summed E-state index contributed by atoms with van der Waals surface area (Å²) >= 11 is 0. The van der Waals surface area contributed by atoms with Crippen molar-refractivity contribution in [2.24, 2.45) is 11.8 Å². The minimum absolute atomic E-state index is 0.0933. The zero-order chi connectivity index (χ0) is 26.3. The van der Waals surface area contributed by atoms with E-state index in [1.165, 1.54) is 0 Å². The quantitative estimate of drug-likeness (QED) is 0.322. The first-order valence-electron chi connectivity index (χ1n) is 13.5. The summed E-state index contributed by atoms with van der Waals surface area (Å²) < 4.78 is 13.5. The summed E-state index contributed by atoms with van der Waals surface area (Å²) in [5, 5.41) is 23.1. The van der Waals surface area contributed by atoms with E-state index in [0.717, 1.165) is 36.8 Å². The fourth-order valence-corrected chi connectivity index (χ4v) is 10.4. The van der Waals surface area contributed by atoms with Crippen molar-refractivity contribution in [1.29, 1.82) is 0 Å². The molecule has 0 aliphatic heterocycles. The average molecular weight is 511 g/mol. The van der Waals surface area contributed by atoms with Crippen LogP contribution in [-0.4, -0.2) is 51.3 Å². The normalized spacial score (nSPS) is 27.8. The fraction of sp³-hybridized carbons (Fsp3) is 0.857.